The molecule has 2 saturated carbocycles. The zero-order valence-corrected chi connectivity index (χ0v) is 13.8. The van der Waals surface area contributed by atoms with E-state index in [4.69, 9.17) is 14.2 Å². The largest absolute Gasteiger partial charge is 0.458 e. The Hall–Kier alpha value is -1.10. The first kappa shape index (κ1) is 15.8. The summed E-state index contributed by atoms with van der Waals surface area (Å²) in [6, 6.07) is 0. The topological polar surface area (TPSA) is 61.8 Å². The maximum Gasteiger partial charge on any atom is 0.314 e. The minimum absolute atomic E-state index is 0.0479. The van der Waals surface area contributed by atoms with Gasteiger partial charge in [-0.15, -0.1) is 0 Å². The first-order valence-electron chi connectivity index (χ1n) is 8.39. The Kier molecular flexibility index (Phi) is 3.96. The van der Waals surface area contributed by atoms with Crippen LogP contribution in [0.4, 0.5) is 0 Å². The lowest BCUT2D eigenvalue weighted by Crippen LogP contribution is -2.42. The number of fused-ring (bicyclic) bond motifs is 1. The SMILES string of the molecule is CCC(C)(COC(C)C)C(=O)OC1C2CC3C(=O)OC1C3C2. The second kappa shape index (κ2) is 5.52. The van der Waals surface area contributed by atoms with E-state index in [9.17, 15) is 9.59 Å². The van der Waals surface area contributed by atoms with Crippen molar-refractivity contribution in [3.05, 3.63) is 0 Å². The molecule has 6 unspecified atom stereocenters. The average molecular weight is 310 g/mol. The summed E-state index contributed by atoms with van der Waals surface area (Å²) in [6.07, 6.45) is 2.02. The van der Waals surface area contributed by atoms with Gasteiger partial charge in [0, 0.05) is 11.8 Å². The van der Waals surface area contributed by atoms with E-state index in [0.717, 1.165) is 12.8 Å². The summed E-state index contributed by atoms with van der Waals surface area (Å²) in [4.78, 5) is 24.4. The summed E-state index contributed by atoms with van der Waals surface area (Å²) in [5.41, 5.74) is -0.645. The van der Waals surface area contributed by atoms with Crippen molar-refractivity contribution in [1.82, 2.24) is 0 Å². The molecule has 1 saturated heterocycles. The molecule has 124 valence electrons. The second-order valence-electron chi connectivity index (χ2n) is 7.55. The molecule has 0 aromatic heterocycles. The van der Waals surface area contributed by atoms with Gasteiger partial charge in [-0.1, -0.05) is 6.92 Å². The van der Waals surface area contributed by atoms with Crippen LogP contribution in [0.15, 0.2) is 0 Å². The predicted molar refractivity (Wildman–Crippen MR) is 79.0 cm³/mol. The highest BCUT2D eigenvalue weighted by atomic mass is 16.6. The summed E-state index contributed by atoms with van der Waals surface area (Å²) >= 11 is 0. The number of carbonyl (C=O) groups excluding carboxylic acids is 2. The van der Waals surface area contributed by atoms with Gasteiger partial charge >= 0.3 is 11.9 Å². The lowest BCUT2D eigenvalue weighted by atomic mass is 9.86. The smallest absolute Gasteiger partial charge is 0.314 e. The highest BCUT2D eigenvalue weighted by Crippen LogP contribution is 2.55. The molecule has 0 radical (unpaired) electrons. The minimum Gasteiger partial charge on any atom is -0.458 e. The molecule has 5 nitrogen and oxygen atoms in total. The highest BCUT2D eigenvalue weighted by molar-refractivity contribution is 5.78. The van der Waals surface area contributed by atoms with Crippen LogP contribution in [-0.2, 0) is 23.8 Å². The number of ether oxygens (including phenoxy) is 3. The fourth-order valence-corrected chi connectivity index (χ4v) is 3.99. The quantitative estimate of drug-likeness (QED) is 0.705. The first-order chi connectivity index (χ1) is 10.4. The van der Waals surface area contributed by atoms with Gasteiger partial charge in [0.05, 0.1) is 24.0 Å². The molecule has 3 rings (SSSR count). The van der Waals surface area contributed by atoms with E-state index in [-0.39, 0.29) is 48.0 Å². The van der Waals surface area contributed by atoms with Crippen molar-refractivity contribution in [2.75, 3.05) is 6.61 Å². The average Bonchev–Trinajstić information content (AvgIpc) is 3.09. The fraction of sp³-hybridized carbons (Fsp3) is 0.882. The fourth-order valence-electron chi connectivity index (χ4n) is 3.99. The monoisotopic (exact) mass is 310 g/mol. The summed E-state index contributed by atoms with van der Waals surface area (Å²) in [6.45, 7) is 8.12. The normalized spacial score (nSPS) is 38.2. The van der Waals surface area contributed by atoms with E-state index in [1.54, 1.807) is 0 Å². The predicted octanol–water partition coefficient (Wildman–Crippen LogP) is 2.32. The van der Waals surface area contributed by atoms with Gasteiger partial charge in [0.2, 0.25) is 0 Å². The van der Waals surface area contributed by atoms with Crippen LogP contribution >= 0.6 is 0 Å². The number of carbonyl (C=O) groups is 2. The molecule has 6 atom stereocenters. The van der Waals surface area contributed by atoms with E-state index in [1.807, 2.05) is 27.7 Å². The Morgan fingerprint density at radius 3 is 2.77 bits per heavy atom. The first-order valence-corrected chi connectivity index (χ1v) is 8.39. The lowest BCUT2D eigenvalue weighted by Gasteiger charge is -2.32. The molecule has 1 heterocycles. The molecular formula is C17H26O5. The number of hydrogen-bond donors (Lipinski definition) is 0. The molecule has 3 fully saturated rings. The zero-order chi connectivity index (χ0) is 16.1. The molecule has 0 aromatic carbocycles. The summed E-state index contributed by atoms with van der Waals surface area (Å²) in [5, 5.41) is 0. The van der Waals surface area contributed by atoms with E-state index in [2.05, 4.69) is 0 Å². The zero-order valence-electron chi connectivity index (χ0n) is 13.8. The van der Waals surface area contributed by atoms with Gasteiger partial charge in [-0.25, -0.2) is 0 Å². The Labute approximate surface area is 131 Å². The molecule has 22 heavy (non-hydrogen) atoms. The van der Waals surface area contributed by atoms with Crippen LogP contribution < -0.4 is 0 Å². The van der Waals surface area contributed by atoms with E-state index in [0.29, 0.717) is 13.0 Å². The standard InChI is InChI=1S/C17H26O5/c1-5-17(4,8-20-9(2)3)16(19)22-13-10-6-11-12(7-10)15(18)21-14(11)13/h9-14H,5-8H2,1-4H3. The Morgan fingerprint density at radius 1 is 1.41 bits per heavy atom. The van der Waals surface area contributed by atoms with Crippen LogP contribution in [0.3, 0.4) is 0 Å². The highest BCUT2D eigenvalue weighted by Gasteiger charge is 2.63. The van der Waals surface area contributed by atoms with Crippen molar-refractivity contribution in [1.29, 1.82) is 0 Å². The van der Waals surface area contributed by atoms with Crippen LogP contribution in [0.1, 0.15) is 47.0 Å². The molecule has 0 spiro atoms. The van der Waals surface area contributed by atoms with E-state index < -0.39 is 5.41 Å². The summed E-state index contributed by atoms with van der Waals surface area (Å²) < 4.78 is 16.9. The van der Waals surface area contributed by atoms with Crippen molar-refractivity contribution in [3.63, 3.8) is 0 Å². The van der Waals surface area contributed by atoms with Crippen LogP contribution in [0.2, 0.25) is 0 Å². The molecule has 3 aliphatic rings. The molecule has 0 N–H and O–H groups in total. The van der Waals surface area contributed by atoms with Crippen molar-refractivity contribution >= 4 is 11.9 Å². The molecular weight excluding hydrogens is 284 g/mol. The molecule has 1 aliphatic heterocycles. The van der Waals surface area contributed by atoms with Gasteiger partial charge in [-0.3, -0.25) is 9.59 Å². The van der Waals surface area contributed by atoms with Crippen LogP contribution in [0.5, 0.6) is 0 Å². The maximum atomic E-state index is 12.7. The molecule has 5 heteroatoms. The molecule has 2 aliphatic carbocycles. The van der Waals surface area contributed by atoms with Crippen molar-refractivity contribution < 1.29 is 23.8 Å². The lowest BCUT2D eigenvalue weighted by molar-refractivity contribution is -0.175. The Morgan fingerprint density at radius 2 is 2.14 bits per heavy atom. The van der Waals surface area contributed by atoms with Gasteiger partial charge in [-0.05, 0) is 40.0 Å². The van der Waals surface area contributed by atoms with Gasteiger partial charge in [-0.2, -0.15) is 0 Å². The summed E-state index contributed by atoms with van der Waals surface area (Å²) in [5.74, 6) is 0.259. The van der Waals surface area contributed by atoms with Gasteiger partial charge in [0.1, 0.15) is 12.2 Å². The van der Waals surface area contributed by atoms with Crippen molar-refractivity contribution in [2.45, 2.75) is 65.3 Å². The Bertz CT molecular complexity index is 474. The number of rotatable bonds is 6. The van der Waals surface area contributed by atoms with Crippen LogP contribution in [0, 0.1) is 23.2 Å². The number of hydrogen-bond acceptors (Lipinski definition) is 5. The van der Waals surface area contributed by atoms with Crippen molar-refractivity contribution in [2.24, 2.45) is 23.2 Å². The minimum atomic E-state index is -0.645. The van der Waals surface area contributed by atoms with Crippen molar-refractivity contribution in [3.8, 4) is 0 Å². The van der Waals surface area contributed by atoms with Crippen LogP contribution in [-0.4, -0.2) is 36.9 Å². The number of esters is 2. The second-order valence-corrected chi connectivity index (χ2v) is 7.55. The van der Waals surface area contributed by atoms with Gasteiger partial charge < -0.3 is 14.2 Å². The van der Waals surface area contributed by atoms with Gasteiger partial charge in [0.15, 0.2) is 0 Å². The molecule has 0 aromatic rings. The molecule has 0 amide bonds. The van der Waals surface area contributed by atoms with E-state index >= 15 is 0 Å². The van der Waals surface area contributed by atoms with Gasteiger partial charge in [0.25, 0.3) is 0 Å². The third-order valence-corrected chi connectivity index (χ3v) is 5.67. The Balaban J connectivity index is 1.65. The third kappa shape index (κ3) is 2.43. The summed E-state index contributed by atoms with van der Waals surface area (Å²) in [7, 11) is 0. The maximum absolute atomic E-state index is 12.7. The van der Waals surface area contributed by atoms with E-state index in [1.165, 1.54) is 0 Å². The third-order valence-electron chi connectivity index (χ3n) is 5.67. The van der Waals surface area contributed by atoms with Crippen LogP contribution in [0.25, 0.3) is 0 Å². The molecule has 2 bridgehead atoms.